The maximum Gasteiger partial charge on any atom is 0.313 e. The molecule has 1 aliphatic rings. The molecule has 0 aliphatic carbocycles. The van der Waals surface area contributed by atoms with Gasteiger partial charge in [-0.1, -0.05) is 25.6 Å². The van der Waals surface area contributed by atoms with Gasteiger partial charge in [0.25, 0.3) is 0 Å². The molecule has 0 bridgehead atoms. The van der Waals surface area contributed by atoms with E-state index in [1.54, 1.807) is 0 Å². The summed E-state index contributed by atoms with van der Waals surface area (Å²) in [5, 5.41) is 18.0. The number of carboxylic acids is 1. The number of aliphatic carboxylic acids is 1. The van der Waals surface area contributed by atoms with Gasteiger partial charge in [0, 0.05) is 32.7 Å². The number of aromatic nitrogens is 3. The van der Waals surface area contributed by atoms with Gasteiger partial charge in [-0.25, -0.2) is 0 Å². The molecule has 1 saturated heterocycles. The van der Waals surface area contributed by atoms with E-state index in [0.29, 0.717) is 5.16 Å². The highest BCUT2D eigenvalue weighted by Crippen LogP contribution is 2.23. The van der Waals surface area contributed by atoms with Crippen molar-refractivity contribution in [3.63, 3.8) is 0 Å². The Kier molecular flexibility index (Phi) is 5.86. The van der Waals surface area contributed by atoms with Crippen molar-refractivity contribution in [3.8, 4) is 0 Å². The first-order chi connectivity index (χ1) is 10.2. The summed E-state index contributed by atoms with van der Waals surface area (Å²) < 4.78 is 2.05. The number of hydrogen-bond acceptors (Lipinski definition) is 6. The average molecular weight is 313 g/mol. The van der Waals surface area contributed by atoms with Crippen LogP contribution in [0.3, 0.4) is 0 Å². The number of hydrogen-bond donors (Lipinski definition) is 1. The van der Waals surface area contributed by atoms with Gasteiger partial charge in [-0.15, -0.1) is 10.2 Å². The smallest absolute Gasteiger partial charge is 0.313 e. The van der Waals surface area contributed by atoms with Crippen LogP contribution in [0.4, 0.5) is 5.95 Å². The first-order valence-corrected chi connectivity index (χ1v) is 8.39. The second-order valence-electron chi connectivity index (χ2n) is 5.04. The Morgan fingerprint density at radius 2 is 1.95 bits per heavy atom. The van der Waals surface area contributed by atoms with Crippen LogP contribution in [0.25, 0.3) is 0 Å². The number of thioether (sulfide) groups is 1. The van der Waals surface area contributed by atoms with Crippen molar-refractivity contribution in [1.29, 1.82) is 0 Å². The van der Waals surface area contributed by atoms with Gasteiger partial charge in [0.15, 0.2) is 5.16 Å². The number of nitrogens with zero attached hydrogens (tertiary/aromatic N) is 5. The predicted octanol–water partition coefficient (Wildman–Crippen LogP) is 1.01. The minimum absolute atomic E-state index is 0.0193. The highest BCUT2D eigenvalue weighted by atomic mass is 32.2. The Balaban J connectivity index is 2.09. The molecule has 1 N–H and O–H groups in total. The van der Waals surface area contributed by atoms with E-state index < -0.39 is 5.97 Å². The largest absolute Gasteiger partial charge is 0.481 e. The van der Waals surface area contributed by atoms with Crippen molar-refractivity contribution < 1.29 is 9.90 Å². The van der Waals surface area contributed by atoms with Gasteiger partial charge in [-0.3, -0.25) is 9.36 Å². The molecule has 1 aromatic heterocycles. The Labute approximate surface area is 129 Å². The lowest BCUT2D eigenvalue weighted by Gasteiger charge is -2.34. The molecule has 0 saturated carbocycles. The molecule has 0 aromatic carbocycles. The van der Waals surface area contributed by atoms with Crippen molar-refractivity contribution >= 4 is 23.7 Å². The molecule has 2 rings (SSSR count). The number of piperazine rings is 1. The lowest BCUT2D eigenvalue weighted by atomic mass is 10.3. The van der Waals surface area contributed by atoms with Crippen LogP contribution in [-0.2, 0) is 11.3 Å². The third-order valence-electron chi connectivity index (χ3n) is 3.57. The van der Waals surface area contributed by atoms with E-state index in [1.807, 2.05) is 0 Å². The Bertz CT molecular complexity index is 471. The van der Waals surface area contributed by atoms with Crippen LogP contribution in [0.15, 0.2) is 5.16 Å². The van der Waals surface area contributed by atoms with Gasteiger partial charge in [-0.2, -0.15) is 0 Å². The maximum atomic E-state index is 10.7. The molecule has 1 fully saturated rings. The topological polar surface area (TPSA) is 74.5 Å². The fourth-order valence-electron chi connectivity index (χ4n) is 2.43. The van der Waals surface area contributed by atoms with Crippen molar-refractivity contribution in [3.05, 3.63) is 0 Å². The first kappa shape index (κ1) is 16.1. The van der Waals surface area contributed by atoms with Gasteiger partial charge < -0.3 is 14.9 Å². The van der Waals surface area contributed by atoms with Gasteiger partial charge in [-0.05, 0) is 13.0 Å². The number of anilines is 1. The molecule has 0 amide bonds. The van der Waals surface area contributed by atoms with E-state index in [2.05, 4.69) is 38.4 Å². The fourth-order valence-corrected chi connectivity index (χ4v) is 3.11. The van der Waals surface area contributed by atoms with Crippen molar-refractivity contribution in [2.24, 2.45) is 0 Å². The molecule has 0 spiro atoms. The molecular weight excluding hydrogens is 290 g/mol. The Morgan fingerprint density at radius 1 is 1.24 bits per heavy atom. The standard InChI is InChI=1S/C13H23N5O2S/c1-3-5-18-12(14-15-13(18)21-10-11(19)20)17-8-6-16(4-2)7-9-17/h3-10H2,1-2H3,(H,19,20). The average Bonchev–Trinajstić information content (AvgIpc) is 2.88. The first-order valence-electron chi connectivity index (χ1n) is 7.40. The van der Waals surface area contributed by atoms with E-state index in [4.69, 9.17) is 5.11 Å². The summed E-state index contributed by atoms with van der Waals surface area (Å²) in [6.45, 7) is 10.1. The lowest BCUT2D eigenvalue weighted by Crippen LogP contribution is -2.47. The normalized spacial score (nSPS) is 16.4. The molecule has 1 aromatic rings. The van der Waals surface area contributed by atoms with E-state index in [-0.39, 0.29) is 5.75 Å². The van der Waals surface area contributed by atoms with Crippen LogP contribution in [0.5, 0.6) is 0 Å². The second-order valence-corrected chi connectivity index (χ2v) is 5.98. The minimum atomic E-state index is -0.829. The molecule has 0 atom stereocenters. The summed E-state index contributed by atoms with van der Waals surface area (Å²) in [7, 11) is 0. The molecule has 1 aliphatic heterocycles. The third kappa shape index (κ3) is 4.10. The summed E-state index contributed by atoms with van der Waals surface area (Å²) in [5.41, 5.74) is 0. The van der Waals surface area contributed by atoms with E-state index in [1.165, 1.54) is 11.8 Å². The highest BCUT2D eigenvalue weighted by molar-refractivity contribution is 7.99. The molecule has 2 heterocycles. The number of carboxylic acid groups (broad SMARTS) is 1. The second kappa shape index (κ2) is 7.65. The monoisotopic (exact) mass is 313 g/mol. The predicted molar refractivity (Wildman–Crippen MR) is 83.0 cm³/mol. The highest BCUT2D eigenvalue weighted by Gasteiger charge is 2.22. The summed E-state index contributed by atoms with van der Waals surface area (Å²) in [6, 6.07) is 0. The van der Waals surface area contributed by atoms with E-state index in [0.717, 1.165) is 51.6 Å². The van der Waals surface area contributed by atoms with Crippen LogP contribution in [-0.4, -0.2) is 69.2 Å². The molecule has 0 radical (unpaired) electrons. The molecule has 7 nitrogen and oxygen atoms in total. The zero-order chi connectivity index (χ0) is 15.2. The zero-order valence-corrected chi connectivity index (χ0v) is 13.5. The van der Waals surface area contributed by atoms with Crippen LogP contribution in [0.1, 0.15) is 20.3 Å². The maximum absolute atomic E-state index is 10.7. The van der Waals surface area contributed by atoms with Crippen LogP contribution < -0.4 is 4.90 Å². The summed E-state index contributed by atoms with van der Waals surface area (Å²) in [4.78, 5) is 15.4. The van der Waals surface area contributed by atoms with E-state index in [9.17, 15) is 4.79 Å². The molecule has 118 valence electrons. The molecular formula is C13H23N5O2S. The SMILES string of the molecule is CCCn1c(SCC(=O)O)nnc1N1CCN(CC)CC1. The van der Waals surface area contributed by atoms with Gasteiger partial charge in [0.2, 0.25) is 5.95 Å². The van der Waals surface area contributed by atoms with Crippen molar-refractivity contribution in [2.75, 3.05) is 43.4 Å². The third-order valence-corrected chi connectivity index (χ3v) is 4.52. The Morgan fingerprint density at radius 3 is 2.52 bits per heavy atom. The number of carbonyl (C=O) groups is 1. The van der Waals surface area contributed by atoms with Crippen molar-refractivity contribution in [2.45, 2.75) is 32.0 Å². The van der Waals surface area contributed by atoms with Gasteiger partial charge >= 0.3 is 5.97 Å². The van der Waals surface area contributed by atoms with Crippen LogP contribution >= 0.6 is 11.8 Å². The van der Waals surface area contributed by atoms with Gasteiger partial charge in [0.1, 0.15) is 0 Å². The van der Waals surface area contributed by atoms with Gasteiger partial charge in [0.05, 0.1) is 5.75 Å². The van der Waals surface area contributed by atoms with Crippen LogP contribution in [0.2, 0.25) is 0 Å². The molecule has 8 heteroatoms. The summed E-state index contributed by atoms with van der Waals surface area (Å²) in [5.74, 6) is 0.0653. The summed E-state index contributed by atoms with van der Waals surface area (Å²) in [6.07, 6.45) is 0.973. The molecule has 0 unspecified atom stereocenters. The fraction of sp³-hybridized carbons (Fsp3) is 0.769. The van der Waals surface area contributed by atoms with Crippen molar-refractivity contribution in [1.82, 2.24) is 19.7 Å². The van der Waals surface area contributed by atoms with Crippen LogP contribution in [0, 0.1) is 0 Å². The quantitative estimate of drug-likeness (QED) is 0.753. The number of likely N-dealkylation sites (N-methyl/N-ethyl adjacent to an activating group) is 1. The van der Waals surface area contributed by atoms with E-state index >= 15 is 0 Å². The zero-order valence-electron chi connectivity index (χ0n) is 12.7. The number of rotatable bonds is 7. The Hall–Kier alpha value is -1.28. The lowest BCUT2D eigenvalue weighted by molar-refractivity contribution is -0.133. The summed E-state index contributed by atoms with van der Waals surface area (Å²) >= 11 is 1.24. The molecule has 21 heavy (non-hydrogen) atoms. The minimum Gasteiger partial charge on any atom is -0.481 e.